The van der Waals surface area contributed by atoms with Gasteiger partial charge in [0.1, 0.15) is 6.61 Å². The molecule has 1 fully saturated rings. The smallest absolute Gasteiger partial charge is 0.305 e. The minimum Gasteiger partial charge on any atom is -0.463 e. The molecule has 1 aliphatic rings. The quantitative estimate of drug-likeness (QED) is 0.799. The normalized spacial score (nSPS) is 18.7. The number of ether oxygens (including phenoxy) is 1. The van der Waals surface area contributed by atoms with E-state index in [9.17, 15) is 4.79 Å². The van der Waals surface area contributed by atoms with E-state index in [1.165, 1.54) is 0 Å². The van der Waals surface area contributed by atoms with E-state index in [1.54, 1.807) is 0 Å². The number of nitrogens with zero attached hydrogens (tertiary/aromatic N) is 1. The highest BCUT2D eigenvalue weighted by Gasteiger charge is 2.24. The number of carbonyl (C=O) groups excluding carboxylic acids is 1. The van der Waals surface area contributed by atoms with Crippen LogP contribution in [0.15, 0.2) is 60.7 Å². The molecule has 2 aromatic carbocycles. The monoisotopic (exact) mass is 281 g/mol. The zero-order valence-corrected chi connectivity index (χ0v) is 11.9. The van der Waals surface area contributed by atoms with Gasteiger partial charge in [0.15, 0.2) is 0 Å². The van der Waals surface area contributed by atoms with E-state index in [4.69, 9.17) is 4.74 Å². The lowest BCUT2D eigenvalue weighted by atomic mass is 10.1. The van der Waals surface area contributed by atoms with Crippen molar-refractivity contribution < 1.29 is 9.53 Å². The van der Waals surface area contributed by atoms with Crippen molar-refractivity contribution in [1.29, 1.82) is 0 Å². The highest BCUT2D eigenvalue weighted by Crippen LogP contribution is 2.30. The predicted molar refractivity (Wildman–Crippen MR) is 83.6 cm³/mol. The SMILES string of the molecule is O=C1CCCC(N(c2ccccc2)c2ccccc2)CO1. The molecule has 1 aliphatic heterocycles. The van der Waals surface area contributed by atoms with E-state index in [0.717, 1.165) is 24.2 Å². The molecule has 3 rings (SSSR count). The molecule has 21 heavy (non-hydrogen) atoms. The maximum atomic E-state index is 11.5. The number of carbonyl (C=O) groups is 1. The molecular formula is C18H19NO2. The summed E-state index contributed by atoms with van der Waals surface area (Å²) < 4.78 is 5.36. The van der Waals surface area contributed by atoms with Crippen molar-refractivity contribution in [3.8, 4) is 0 Å². The Kier molecular flexibility index (Phi) is 4.20. The van der Waals surface area contributed by atoms with Crippen LogP contribution in [0.4, 0.5) is 11.4 Å². The first kappa shape index (κ1) is 13.7. The summed E-state index contributed by atoms with van der Waals surface area (Å²) in [6, 6.07) is 20.7. The third-order valence-electron chi connectivity index (χ3n) is 3.79. The molecule has 0 spiro atoms. The van der Waals surface area contributed by atoms with Crippen molar-refractivity contribution in [3.63, 3.8) is 0 Å². The second-order valence-electron chi connectivity index (χ2n) is 5.27. The highest BCUT2D eigenvalue weighted by atomic mass is 16.5. The van der Waals surface area contributed by atoms with E-state index in [0.29, 0.717) is 13.0 Å². The first-order valence-electron chi connectivity index (χ1n) is 7.39. The van der Waals surface area contributed by atoms with E-state index < -0.39 is 0 Å². The number of hydrogen-bond acceptors (Lipinski definition) is 3. The van der Waals surface area contributed by atoms with Gasteiger partial charge in [0.05, 0.1) is 6.04 Å². The number of benzene rings is 2. The zero-order chi connectivity index (χ0) is 14.5. The summed E-state index contributed by atoms with van der Waals surface area (Å²) in [6.07, 6.45) is 2.35. The molecule has 3 heteroatoms. The lowest BCUT2D eigenvalue weighted by molar-refractivity contribution is -0.142. The molecule has 1 atom stereocenters. The van der Waals surface area contributed by atoms with Crippen LogP contribution in [0.5, 0.6) is 0 Å². The van der Waals surface area contributed by atoms with Crippen molar-refractivity contribution in [3.05, 3.63) is 60.7 Å². The number of rotatable bonds is 3. The summed E-state index contributed by atoms with van der Waals surface area (Å²) in [4.78, 5) is 13.8. The van der Waals surface area contributed by atoms with Gasteiger partial charge in [-0.25, -0.2) is 0 Å². The standard InChI is InChI=1S/C18H19NO2/c20-18-13-7-12-17(14-21-18)19(15-8-3-1-4-9-15)16-10-5-2-6-11-16/h1-6,8-11,17H,7,12-14H2. The van der Waals surface area contributed by atoms with Crippen molar-refractivity contribution in [2.75, 3.05) is 11.5 Å². The molecule has 0 saturated carbocycles. The molecule has 1 saturated heterocycles. The van der Waals surface area contributed by atoms with Crippen LogP contribution >= 0.6 is 0 Å². The topological polar surface area (TPSA) is 29.5 Å². The second kappa shape index (κ2) is 6.44. The van der Waals surface area contributed by atoms with Crippen LogP contribution in [0, 0.1) is 0 Å². The Labute approximate surface area is 125 Å². The predicted octanol–water partition coefficient (Wildman–Crippen LogP) is 3.92. The molecule has 0 N–H and O–H groups in total. The Hall–Kier alpha value is -2.29. The van der Waals surface area contributed by atoms with Gasteiger partial charge in [-0.3, -0.25) is 4.79 Å². The first-order valence-corrected chi connectivity index (χ1v) is 7.39. The van der Waals surface area contributed by atoms with Crippen LogP contribution in [0.1, 0.15) is 19.3 Å². The van der Waals surface area contributed by atoms with Gasteiger partial charge in [-0.1, -0.05) is 36.4 Å². The van der Waals surface area contributed by atoms with Gasteiger partial charge in [-0.2, -0.15) is 0 Å². The van der Waals surface area contributed by atoms with Gasteiger partial charge in [-0.15, -0.1) is 0 Å². The fourth-order valence-corrected chi connectivity index (χ4v) is 2.78. The minimum atomic E-state index is -0.0847. The molecule has 108 valence electrons. The third-order valence-corrected chi connectivity index (χ3v) is 3.79. The largest absolute Gasteiger partial charge is 0.463 e. The Morgan fingerprint density at radius 2 is 1.48 bits per heavy atom. The van der Waals surface area contributed by atoms with Crippen LogP contribution in [-0.4, -0.2) is 18.6 Å². The number of cyclic esters (lactones) is 1. The summed E-state index contributed by atoms with van der Waals surface area (Å²) in [6.45, 7) is 0.447. The molecule has 1 heterocycles. The Morgan fingerprint density at radius 3 is 2.05 bits per heavy atom. The van der Waals surface area contributed by atoms with Crippen molar-refractivity contribution in [1.82, 2.24) is 0 Å². The number of esters is 1. The van der Waals surface area contributed by atoms with Gasteiger partial charge in [0.2, 0.25) is 0 Å². The van der Waals surface area contributed by atoms with E-state index in [-0.39, 0.29) is 12.0 Å². The molecule has 0 aromatic heterocycles. The molecule has 1 unspecified atom stereocenters. The van der Waals surface area contributed by atoms with E-state index in [2.05, 4.69) is 29.2 Å². The second-order valence-corrected chi connectivity index (χ2v) is 5.27. The van der Waals surface area contributed by atoms with Crippen molar-refractivity contribution >= 4 is 17.3 Å². The number of anilines is 2. The van der Waals surface area contributed by atoms with Crippen LogP contribution in [-0.2, 0) is 9.53 Å². The fourth-order valence-electron chi connectivity index (χ4n) is 2.78. The summed E-state index contributed by atoms with van der Waals surface area (Å²) in [7, 11) is 0. The average Bonchev–Trinajstić information content (AvgIpc) is 2.75. The maximum absolute atomic E-state index is 11.5. The van der Waals surface area contributed by atoms with Gasteiger partial charge < -0.3 is 9.64 Å². The van der Waals surface area contributed by atoms with Gasteiger partial charge in [-0.05, 0) is 37.1 Å². The van der Waals surface area contributed by atoms with Gasteiger partial charge in [0.25, 0.3) is 0 Å². The lowest BCUT2D eigenvalue weighted by Gasteiger charge is -2.32. The van der Waals surface area contributed by atoms with Gasteiger partial charge >= 0.3 is 5.97 Å². The zero-order valence-electron chi connectivity index (χ0n) is 11.9. The van der Waals surface area contributed by atoms with Crippen molar-refractivity contribution in [2.24, 2.45) is 0 Å². The summed E-state index contributed by atoms with van der Waals surface area (Å²) in [5, 5.41) is 0. The number of para-hydroxylation sites is 2. The Bertz CT molecular complexity index is 543. The molecule has 3 nitrogen and oxygen atoms in total. The molecule has 0 aliphatic carbocycles. The van der Waals surface area contributed by atoms with E-state index in [1.807, 2.05) is 36.4 Å². The minimum absolute atomic E-state index is 0.0847. The van der Waals surface area contributed by atoms with Crippen LogP contribution < -0.4 is 4.90 Å². The van der Waals surface area contributed by atoms with E-state index >= 15 is 0 Å². The molecular weight excluding hydrogens is 262 g/mol. The van der Waals surface area contributed by atoms with Crippen LogP contribution in [0.2, 0.25) is 0 Å². The summed E-state index contributed by atoms with van der Waals surface area (Å²) in [5.74, 6) is -0.0847. The van der Waals surface area contributed by atoms with Gasteiger partial charge in [0, 0.05) is 17.8 Å². The molecule has 0 bridgehead atoms. The number of hydrogen-bond donors (Lipinski definition) is 0. The first-order chi connectivity index (χ1) is 10.3. The molecule has 0 amide bonds. The average molecular weight is 281 g/mol. The van der Waals surface area contributed by atoms with Crippen molar-refractivity contribution in [2.45, 2.75) is 25.3 Å². The highest BCUT2D eigenvalue weighted by molar-refractivity contribution is 5.70. The van der Waals surface area contributed by atoms with Crippen LogP contribution in [0.3, 0.4) is 0 Å². The summed E-state index contributed by atoms with van der Waals surface area (Å²) >= 11 is 0. The lowest BCUT2D eigenvalue weighted by Crippen LogP contribution is -2.34. The van der Waals surface area contributed by atoms with Crippen LogP contribution in [0.25, 0.3) is 0 Å². The Morgan fingerprint density at radius 1 is 0.905 bits per heavy atom. The molecule has 0 radical (unpaired) electrons. The summed E-state index contributed by atoms with van der Waals surface area (Å²) in [5.41, 5.74) is 2.26. The third kappa shape index (κ3) is 3.24. The maximum Gasteiger partial charge on any atom is 0.305 e. The molecule has 2 aromatic rings. The fraction of sp³-hybridized carbons (Fsp3) is 0.278. The Balaban J connectivity index is 1.94.